The van der Waals surface area contributed by atoms with E-state index in [1.54, 1.807) is 0 Å². The molecule has 0 radical (unpaired) electrons. The van der Waals surface area contributed by atoms with Crippen molar-refractivity contribution in [3.8, 4) is 0 Å². The number of hydrogen-bond donors (Lipinski definition) is 2. The van der Waals surface area contributed by atoms with E-state index in [-0.39, 0.29) is 45.5 Å². The zero-order chi connectivity index (χ0) is 22.0. The summed E-state index contributed by atoms with van der Waals surface area (Å²) >= 11 is 0. The zero-order valence-electron chi connectivity index (χ0n) is 22.0. The van der Waals surface area contributed by atoms with Gasteiger partial charge in [0.25, 0.3) is 0 Å². The van der Waals surface area contributed by atoms with Gasteiger partial charge in [0.1, 0.15) is 13.1 Å². The van der Waals surface area contributed by atoms with Crippen LogP contribution in [0.15, 0.2) is 0 Å². The molecule has 0 bridgehead atoms. The van der Waals surface area contributed by atoms with E-state index in [1.165, 1.54) is 22.9 Å². The van der Waals surface area contributed by atoms with Crippen molar-refractivity contribution in [3.05, 3.63) is 9.30 Å². The van der Waals surface area contributed by atoms with Gasteiger partial charge in [-0.05, 0) is 0 Å². The number of likely N-dealkylation sites (N-methyl/N-ethyl adjacent to an activating group) is 2. The molecule has 0 saturated carbocycles. The summed E-state index contributed by atoms with van der Waals surface area (Å²) in [6.07, 6.45) is 0. The van der Waals surface area contributed by atoms with Gasteiger partial charge in [-0.2, -0.15) is 0 Å². The molecular weight excluding hydrogens is 472 g/mol. The SMILES string of the molecule is C[NH+](C)CC[NH+](C)C.C[Si](C)(C)[N-][Si](C)(C)C.C[Si](C)(C)[N-][Si](C)(C)C.[Sr+2]. The summed E-state index contributed by atoms with van der Waals surface area (Å²) in [6, 6.07) is 0. The minimum Gasteiger partial charge on any atom is -0.668 e. The van der Waals surface area contributed by atoms with Crippen LogP contribution in [-0.2, 0) is 0 Å². The predicted molar refractivity (Wildman–Crippen MR) is 141 cm³/mol. The molecule has 0 aromatic carbocycles. The smallest absolute Gasteiger partial charge is 0.668 e. The van der Waals surface area contributed by atoms with Crippen LogP contribution in [-0.4, -0.2) is 120 Å². The van der Waals surface area contributed by atoms with Gasteiger partial charge in [-0.15, -0.1) is 0 Å². The van der Waals surface area contributed by atoms with Crippen LogP contribution in [0.5, 0.6) is 0 Å². The minimum atomic E-state index is -1.11. The van der Waals surface area contributed by atoms with E-state index in [4.69, 9.17) is 9.30 Å². The van der Waals surface area contributed by atoms with E-state index in [1.807, 2.05) is 0 Å². The van der Waals surface area contributed by atoms with Gasteiger partial charge in [0.15, 0.2) is 0 Å². The molecule has 0 aliphatic rings. The van der Waals surface area contributed by atoms with Crippen LogP contribution in [0.25, 0.3) is 9.30 Å². The van der Waals surface area contributed by atoms with Crippen molar-refractivity contribution in [2.75, 3.05) is 41.3 Å². The topological polar surface area (TPSA) is 37.1 Å². The van der Waals surface area contributed by atoms with E-state index < -0.39 is 32.9 Å². The zero-order valence-corrected chi connectivity index (χ0v) is 29.5. The summed E-state index contributed by atoms with van der Waals surface area (Å²) < 4.78 is 9.64. The monoisotopic (exact) mass is 526 g/mol. The Kier molecular flexibility index (Phi) is 21.5. The Morgan fingerprint density at radius 2 is 0.593 bits per heavy atom. The summed E-state index contributed by atoms with van der Waals surface area (Å²) in [5.41, 5.74) is 0. The van der Waals surface area contributed by atoms with Gasteiger partial charge in [0.05, 0.1) is 28.2 Å². The Bertz CT molecular complexity index is 283. The van der Waals surface area contributed by atoms with Crippen LogP contribution >= 0.6 is 0 Å². The molecule has 0 rings (SSSR count). The van der Waals surface area contributed by atoms with Crippen LogP contribution in [0.1, 0.15) is 0 Å². The van der Waals surface area contributed by atoms with E-state index in [0.29, 0.717) is 0 Å². The van der Waals surface area contributed by atoms with Gasteiger partial charge in [-0.3, -0.25) is 0 Å². The van der Waals surface area contributed by atoms with Gasteiger partial charge in [-0.1, -0.05) is 112 Å². The molecule has 0 atom stereocenters. The fraction of sp³-hybridized carbons (Fsp3) is 1.00. The first-order valence-corrected chi connectivity index (χ1v) is 23.9. The average Bonchev–Trinajstić information content (AvgIpc) is 2.16. The number of nitrogens with zero attached hydrogens (tertiary/aromatic N) is 2. The first-order valence-electron chi connectivity index (χ1n) is 10.1. The van der Waals surface area contributed by atoms with Gasteiger partial charge in [0.2, 0.25) is 0 Å². The third kappa shape index (κ3) is 52.5. The normalized spacial score (nSPS) is 12.7. The van der Waals surface area contributed by atoms with Gasteiger partial charge >= 0.3 is 45.5 Å². The Morgan fingerprint density at radius 3 is 0.630 bits per heavy atom. The van der Waals surface area contributed by atoms with Crippen molar-refractivity contribution in [3.63, 3.8) is 0 Å². The van der Waals surface area contributed by atoms with Crippen LogP contribution < -0.4 is 9.80 Å². The first kappa shape index (κ1) is 36.6. The van der Waals surface area contributed by atoms with Crippen molar-refractivity contribution >= 4 is 78.4 Å². The Balaban J connectivity index is -0.000000145. The summed E-state index contributed by atoms with van der Waals surface area (Å²) in [5.74, 6) is 0. The first-order chi connectivity index (χ1) is 11.0. The van der Waals surface area contributed by atoms with Gasteiger partial charge in [0, 0.05) is 0 Å². The van der Waals surface area contributed by atoms with E-state index in [9.17, 15) is 0 Å². The maximum atomic E-state index is 4.82. The van der Waals surface area contributed by atoms with Crippen LogP contribution in [0.3, 0.4) is 0 Å². The Hall–Kier alpha value is 2.19. The van der Waals surface area contributed by atoms with Crippen LogP contribution in [0.2, 0.25) is 78.6 Å². The average molecular weight is 527 g/mol. The molecule has 27 heavy (non-hydrogen) atoms. The third-order valence-electron chi connectivity index (χ3n) is 2.47. The second-order valence-corrected chi connectivity index (χ2v) is 31.0. The molecule has 2 N–H and O–H groups in total. The van der Waals surface area contributed by atoms with E-state index in [0.717, 1.165) is 0 Å². The molecule has 0 unspecified atom stereocenters. The maximum Gasteiger partial charge on any atom is 2.00 e. The predicted octanol–water partition coefficient (Wildman–Crippen LogP) is 2.95. The summed E-state index contributed by atoms with van der Waals surface area (Å²) in [5, 5.41) is 0. The fourth-order valence-corrected chi connectivity index (χ4v) is 18.6. The van der Waals surface area contributed by atoms with Crippen molar-refractivity contribution in [1.29, 1.82) is 0 Å². The largest absolute Gasteiger partial charge is 2.00 e. The molecule has 0 fully saturated rings. The standard InChI is InChI=1S/C6H16N2.2C6H18NSi2.Sr/c1-7(2)5-6-8(3)4;2*1-8(2,3)7-9(4,5)6;/h5-6H2,1-4H3;2*1-6H3;/q;2*-1;+2/p+2. The van der Waals surface area contributed by atoms with Crippen molar-refractivity contribution in [1.82, 2.24) is 0 Å². The molecule has 0 aliphatic carbocycles. The fourth-order valence-electron chi connectivity index (χ4n) is 2.51. The minimum absolute atomic E-state index is 0. The maximum absolute atomic E-state index is 4.82. The molecule has 162 valence electrons. The summed E-state index contributed by atoms with van der Waals surface area (Å²) in [7, 11) is 4.31. The molecule has 4 nitrogen and oxygen atoms in total. The quantitative estimate of drug-likeness (QED) is 0.479. The Labute approximate surface area is 215 Å². The molecule has 0 saturated heterocycles. The number of nitrogens with one attached hydrogen (secondary N) is 2. The number of quaternary nitrogens is 2. The molecule has 0 aromatic rings. The van der Waals surface area contributed by atoms with Crippen molar-refractivity contribution in [2.24, 2.45) is 0 Å². The summed E-state index contributed by atoms with van der Waals surface area (Å²) in [6.45, 7) is 30.1. The second-order valence-electron chi connectivity index (χ2n) is 11.8. The Morgan fingerprint density at radius 1 is 0.444 bits per heavy atom. The van der Waals surface area contributed by atoms with E-state index >= 15 is 0 Å². The van der Waals surface area contributed by atoms with Crippen LogP contribution in [0, 0.1) is 0 Å². The third-order valence-corrected chi connectivity index (χ3v) is 13.2. The van der Waals surface area contributed by atoms with Gasteiger partial charge < -0.3 is 19.1 Å². The molecule has 0 spiro atoms. The van der Waals surface area contributed by atoms with Crippen molar-refractivity contribution < 1.29 is 9.80 Å². The van der Waals surface area contributed by atoms with Crippen molar-refractivity contribution in [2.45, 2.75) is 78.6 Å². The second kappa shape index (κ2) is 15.9. The van der Waals surface area contributed by atoms with Gasteiger partial charge in [-0.25, -0.2) is 0 Å². The number of rotatable bonds is 7. The van der Waals surface area contributed by atoms with E-state index in [2.05, 4.69) is 107 Å². The molecule has 0 amide bonds. The number of hydrogen-bond acceptors (Lipinski definition) is 0. The molecular formula is C18H54N4Si4Sr+2. The van der Waals surface area contributed by atoms with Crippen LogP contribution in [0.4, 0.5) is 0 Å². The molecule has 0 aromatic heterocycles. The molecule has 0 heterocycles. The molecule has 9 heteroatoms. The summed E-state index contributed by atoms with van der Waals surface area (Å²) in [4.78, 5) is 3.07. The molecule has 0 aliphatic heterocycles.